The molecular weight excluding hydrogens is 326 g/mol. The van der Waals surface area contributed by atoms with E-state index in [2.05, 4.69) is 19.2 Å². The summed E-state index contributed by atoms with van der Waals surface area (Å²) in [7, 11) is 0. The van der Waals surface area contributed by atoms with Crippen LogP contribution in [-0.4, -0.2) is 18.3 Å². The first-order valence-electron chi connectivity index (χ1n) is 7.70. The molecule has 0 radical (unpaired) electrons. The summed E-state index contributed by atoms with van der Waals surface area (Å²) in [5.41, 5.74) is 2.27. The molecule has 0 spiro atoms. The minimum absolute atomic E-state index is 0.169. The van der Waals surface area contributed by atoms with Crippen molar-refractivity contribution in [1.82, 2.24) is 0 Å². The van der Waals surface area contributed by atoms with Crippen LogP contribution in [0.4, 0.5) is 5.69 Å². The van der Waals surface area contributed by atoms with E-state index in [4.69, 9.17) is 16.3 Å². The molecule has 0 atom stereocenters. The largest absolute Gasteiger partial charge is 0.483 e. The summed E-state index contributed by atoms with van der Waals surface area (Å²) in [6.45, 7) is 5.46. The fraction of sp³-hybridized carbons (Fsp3) is 0.263. The van der Waals surface area contributed by atoms with Gasteiger partial charge in [-0.25, -0.2) is 0 Å². The Bertz CT molecular complexity index is 739. The highest BCUT2D eigenvalue weighted by Gasteiger charge is 2.11. The van der Waals surface area contributed by atoms with E-state index in [0.717, 1.165) is 0 Å². The van der Waals surface area contributed by atoms with Crippen LogP contribution in [0.2, 0.25) is 5.02 Å². The first kappa shape index (κ1) is 18.0. The van der Waals surface area contributed by atoms with E-state index in [9.17, 15) is 9.59 Å². The maximum absolute atomic E-state index is 12.0. The third-order valence-corrected chi connectivity index (χ3v) is 3.78. The van der Waals surface area contributed by atoms with Gasteiger partial charge in [0.05, 0.1) is 5.56 Å². The van der Waals surface area contributed by atoms with Crippen LogP contribution in [0.5, 0.6) is 5.75 Å². The molecule has 2 aromatic rings. The van der Waals surface area contributed by atoms with Gasteiger partial charge in [0, 0.05) is 10.7 Å². The van der Waals surface area contributed by atoms with Gasteiger partial charge in [-0.1, -0.05) is 37.6 Å². The lowest BCUT2D eigenvalue weighted by molar-refractivity contribution is -0.118. The number of anilines is 1. The van der Waals surface area contributed by atoms with Crippen molar-refractivity contribution < 1.29 is 14.3 Å². The van der Waals surface area contributed by atoms with Gasteiger partial charge in [-0.3, -0.25) is 9.59 Å². The van der Waals surface area contributed by atoms with Gasteiger partial charge < -0.3 is 10.1 Å². The van der Waals surface area contributed by atoms with Crippen molar-refractivity contribution in [3.05, 3.63) is 58.6 Å². The molecule has 126 valence electrons. The molecular formula is C19H20ClNO3. The normalized spacial score (nSPS) is 10.5. The van der Waals surface area contributed by atoms with Gasteiger partial charge in [0.1, 0.15) is 5.75 Å². The number of nitrogens with one attached hydrogen (secondary N) is 1. The third kappa shape index (κ3) is 4.83. The Kier molecular flexibility index (Phi) is 5.99. The lowest BCUT2D eigenvalue weighted by atomic mass is 10.0. The summed E-state index contributed by atoms with van der Waals surface area (Å²) in [4.78, 5) is 23.6. The predicted molar refractivity (Wildman–Crippen MR) is 96.1 cm³/mol. The van der Waals surface area contributed by atoms with Crippen LogP contribution in [0.1, 0.15) is 42.6 Å². The monoisotopic (exact) mass is 345 g/mol. The highest BCUT2D eigenvalue weighted by Crippen LogP contribution is 2.23. The second-order valence-corrected chi connectivity index (χ2v) is 6.25. The average molecular weight is 346 g/mol. The quantitative estimate of drug-likeness (QED) is 0.773. The fourth-order valence-corrected chi connectivity index (χ4v) is 2.37. The number of rotatable bonds is 6. The van der Waals surface area contributed by atoms with E-state index in [1.165, 1.54) is 18.6 Å². The van der Waals surface area contributed by atoms with Crippen molar-refractivity contribution in [2.75, 3.05) is 11.9 Å². The van der Waals surface area contributed by atoms with Crippen LogP contribution in [-0.2, 0) is 4.79 Å². The fourth-order valence-electron chi connectivity index (χ4n) is 2.19. The minimum atomic E-state index is -0.295. The van der Waals surface area contributed by atoms with Crippen LogP contribution in [0, 0.1) is 0 Å². The number of hydrogen-bond acceptors (Lipinski definition) is 3. The Labute approximate surface area is 146 Å². The lowest BCUT2D eigenvalue weighted by Crippen LogP contribution is -2.20. The number of Topliss-reactive ketones (excluding diaryl/α,β-unsaturated/α-hetero) is 1. The van der Waals surface area contributed by atoms with Crippen molar-refractivity contribution in [3.63, 3.8) is 0 Å². The molecule has 0 fully saturated rings. The van der Waals surface area contributed by atoms with Gasteiger partial charge in [-0.15, -0.1) is 0 Å². The summed E-state index contributed by atoms with van der Waals surface area (Å²) in [5.74, 6) is 0.319. The molecule has 0 aromatic heterocycles. The molecule has 0 bridgehead atoms. The predicted octanol–water partition coefficient (Wildman–Crippen LogP) is 4.68. The van der Waals surface area contributed by atoms with Crippen molar-refractivity contribution in [2.45, 2.75) is 26.7 Å². The molecule has 5 heteroatoms. The summed E-state index contributed by atoms with van der Waals surface area (Å²) in [5, 5.41) is 3.21. The van der Waals surface area contributed by atoms with Crippen molar-refractivity contribution in [2.24, 2.45) is 0 Å². The zero-order valence-corrected chi connectivity index (χ0v) is 14.7. The van der Waals surface area contributed by atoms with Gasteiger partial charge in [0.25, 0.3) is 5.91 Å². The second kappa shape index (κ2) is 7.97. The molecule has 0 unspecified atom stereocenters. The van der Waals surface area contributed by atoms with Crippen molar-refractivity contribution in [1.29, 1.82) is 0 Å². The molecule has 24 heavy (non-hydrogen) atoms. The minimum Gasteiger partial charge on any atom is -0.483 e. The Morgan fingerprint density at radius 2 is 1.79 bits per heavy atom. The zero-order chi connectivity index (χ0) is 17.7. The standard InChI is InChI=1S/C19H20ClNO3/c1-12(2)14-4-7-16(8-5-14)21-19(23)11-24-18-9-6-15(20)10-17(18)13(3)22/h4-10,12H,11H2,1-3H3,(H,21,23). The van der Waals surface area contributed by atoms with Gasteiger partial charge in [0.2, 0.25) is 0 Å². The van der Waals surface area contributed by atoms with E-state index in [1.54, 1.807) is 12.1 Å². The molecule has 1 amide bonds. The molecule has 0 saturated carbocycles. The summed E-state index contributed by atoms with van der Waals surface area (Å²) in [6.07, 6.45) is 0. The first-order chi connectivity index (χ1) is 11.4. The molecule has 0 saturated heterocycles. The Hall–Kier alpha value is -2.33. The lowest BCUT2D eigenvalue weighted by Gasteiger charge is -2.11. The summed E-state index contributed by atoms with van der Waals surface area (Å²) < 4.78 is 5.46. The van der Waals surface area contributed by atoms with Crippen LogP contribution in [0.25, 0.3) is 0 Å². The molecule has 0 aliphatic rings. The van der Waals surface area contributed by atoms with E-state index in [1.807, 2.05) is 24.3 Å². The van der Waals surface area contributed by atoms with Crippen molar-refractivity contribution in [3.8, 4) is 5.75 Å². The Morgan fingerprint density at radius 3 is 2.38 bits per heavy atom. The van der Waals surface area contributed by atoms with Crippen LogP contribution >= 0.6 is 11.6 Å². The highest BCUT2D eigenvalue weighted by molar-refractivity contribution is 6.31. The highest BCUT2D eigenvalue weighted by atomic mass is 35.5. The van der Waals surface area contributed by atoms with E-state index in [0.29, 0.717) is 27.9 Å². The molecule has 2 rings (SSSR count). The Balaban J connectivity index is 1.97. The van der Waals surface area contributed by atoms with Gasteiger partial charge in [-0.2, -0.15) is 0 Å². The van der Waals surface area contributed by atoms with E-state index >= 15 is 0 Å². The number of carbonyl (C=O) groups is 2. The SMILES string of the molecule is CC(=O)c1cc(Cl)ccc1OCC(=O)Nc1ccc(C(C)C)cc1. The number of ether oxygens (including phenoxy) is 1. The number of halogens is 1. The number of hydrogen-bond donors (Lipinski definition) is 1. The summed E-state index contributed by atoms with van der Waals surface area (Å²) in [6, 6.07) is 12.4. The average Bonchev–Trinajstić information content (AvgIpc) is 2.54. The number of amides is 1. The van der Waals surface area contributed by atoms with Gasteiger partial charge in [0.15, 0.2) is 12.4 Å². The maximum Gasteiger partial charge on any atom is 0.262 e. The van der Waals surface area contributed by atoms with E-state index in [-0.39, 0.29) is 18.3 Å². The number of ketones is 1. The molecule has 0 aliphatic carbocycles. The summed E-state index contributed by atoms with van der Waals surface area (Å²) >= 11 is 5.88. The smallest absolute Gasteiger partial charge is 0.262 e. The zero-order valence-electron chi connectivity index (χ0n) is 13.9. The van der Waals surface area contributed by atoms with Crippen LogP contribution in [0.15, 0.2) is 42.5 Å². The molecule has 2 aromatic carbocycles. The van der Waals surface area contributed by atoms with Gasteiger partial charge in [-0.05, 0) is 48.7 Å². The maximum atomic E-state index is 12.0. The van der Waals surface area contributed by atoms with Crippen molar-refractivity contribution >= 4 is 29.0 Å². The van der Waals surface area contributed by atoms with Crippen LogP contribution in [0.3, 0.4) is 0 Å². The molecule has 1 N–H and O–H groups in total. The third-order valence-electron chi connectivity index (χ3n) is 3.54. The number of benzene rings is 2. The Morgan fingerprint density at radius 1 is 1.12 bits per heavy atom. The first-order valence-corrected chi connectivity index (χ1v) is 8.07. The topological polar surface area (TPSA) is 55.4 Å². The van der Waals surface area contributed by atoms with Crippen LogP contribution < -0.4 is 10.1 Å². The second-order valence-electron chi connectivity index (χ2n) is 5.81. The molecule has 0 aliphatic heterocycles. The molecule has 4 nitrogen and oxygen atoms in total. The number of carbonyl (C=O) groups excluding carboxylic acids is 2. The van der Waals surface area contributed by atoms with Gasteiger partial charge >= 0.3 is 0 Å². The molecule has 0 heterocycles. The van der Waals surface area contributed by atoms with E-state index < -0.39 is 0 Å².